The molecule has 1 atom stereocenters. The van der Waals surface area contributed by atoms with Gasteiger partial charge in [-0.1, -0.05) is 29.8 Å². The minimum Gasteiger partial charge on any atom is -0.383 e. The van der Waals surface area contributed by atoms with Crippen molar-refractivity contribution in [3.8, 4) is 0 Å². The van der Waals surface area contributed by atoms with Crippen LogP contribution in [0.25, 0.3) is 0 Å². The number of ether oxygens (including phenoxy) is 1. The molecule has 0 aliphatic rings. The molecule has 1 aromatic rings. The Morgan fingerprint density at radius 3 is 2.63 bits per heavy atom. The molecule has 5 heteroatoms. The van der Waals surface area contributed by atoms with Crippen molar-refractivity contribution in [1.29, 1.82) is 0 Å². The van der Waals surface area contributed by atoms with Crippen LogP contribution in [-0.2, 0) is 15.1 Å². The van der Waals surface area contributed by atoms with Gasteiger partial charge >= 0.3 is 0 Å². The van der Waals surface area contributed by atoms with Gasteiger partial charge in [0.2, 0.25) is 5.91 Å². The lowest BCUT2D eigenvalue weighted by molar-refractivity contribution is -0.125. The summed E-state index contributed by atoms with van der Waals surface area (Å²) in [7, 11) is 1.53. The Morgan fingerprint density at radius 1 is 1.47 bits per heavy atom. The lowest BCUT2D eigenvalue weighted by Crippen LogP contribution is -2.50. The molecule has 4 nitrogen and oxygen atoms in total. The summed E-state index contributed by atoms with van der Waals surface area (Å²) in [5.74, 6) is -0.205. The van der Waals surface area contributed by atoms with Gasteiger partial charge in [0.15, 0.2) is 0 Å². The second kappa shape index (κ2) is 7.48. The van der Waals surface area contributed by atoms with Crippen LogP contribution in [0.4, 0.5) is 0 Å². The maximum absolute atomic E-state index is 11.9. The zero-order valence-electron chi connectivity index (χ0n) is 11.9. The van der Waals surface area contributed by atoms with Gasteiger partial charge in [-0.05, 0) is 26.3 Å². The first kappa shape index (κ1) is 17.9. The maximum Gasteiger partial charge on any atom is 0.239 e. The lowest BCUT2D eigenvalue weighted by atomic mass is 9.92. The van der Waals surface area contributed by atoms with Gasteiger partial charge in [-0.15, -0.1) is 12.4 Å². The number of hydrogen-bond donors (Lipinski definition) is 2. The van der Waals surface area contributed by atoms with Crippen LogP contribution in [0.1, 0.15) is 25.0 Å². The Bertz CT molecular complexity index is 422. The number of rotatable bonds is 5. The lowest BCUT2D eigenvalue weighted by Gasteiger charge is -2.28. The molecule has 0 heterocycles. The van der Waals surface area contributed by atoms with Gasteiger partial charge in [0.25, 0.3) is 0 Å². The largest absolute Gasteiger partial charge is 0.383 e. The summed E-state index contributed by atoms with van der Waals surface area (Å²) in [4.78, 5) is 11.9. The first-order valence-corrected chi connectivity index (χ1v) is 6.00. The molecule has 108 valence electrons. The standard InChI is InChI=1S/C14H22N2O2.ClH/c1-10-6-5-7-11(8-10)14(2,3)16-13(17)12(15)9-18-4;/h5-8,12H,9,15H2,1-4H3,(H,16,17);1H. The number of carbonyl (C=O) groups is 1. The quantitative estimate of drug-likeness (QED) is 0.867. The Balaban J connectivity index is 0.00000324. The van der Waals surface area contributed by atoms with E-state index in [-0.39, 0.29) is 24.9 Å². The topological polar surface area (TPSA) is 64.3 Å². The highest BCUT2D eigenvalue weighted by molar-refractivity contribution is 5.85. The first-order chi connectivity index (χ1) is 8.36. The third kappa shape index (κ3) is 5.19. The predicted molar refractivity (Wildman–Crippen MR) is 79.4 cm³/mol. The number of hydrogen-bond acceptors (Lipinski definition) is 3. The van der Waals surface area contributed by atoms with E-state index in [0.29, 0.717) is 0 Å². The molecule has 1 aromatic carbocycles. The SMILES string of the molecule is COCC(N)C(=O)NC(C)(C)c1cccc(C)c1.Cl. The van der Waals surface area contributed by atoms with Crippen molar-refractivity contribution in [1.82, 2.24) is 5.32 Å². The van der Waals surface area contributed by atoms with Crippen LogP contribution >= 0.6 is 12.4 Å². The molecule has 0 fully saturated rings. The normalized spacial score (nSPS) is 12.5. The first-order valence-electron chi connectivity index (χ1n) is 6.00. The van der Waals surface area contributed by atoms with Crippen LogP contribution in [0.2, 0.25) is 0 Å². The summed E-state index contributed by atoms with van der Waals surface area (Å²) in [6.07, 6.45) is 0. The summed E-state index contributed by atoms with van der Waals surface area (Å²) >= 11 is 0. The fourth-order valence-corrected chi connectivity index (χ4v) is 1.76. The van der Waals surface area contributed by atoms with Crippen LogP contribution in [0.15, 0.2) is 24.3 Å². The Labute approximate surface area is 121 Å². The molecule has 1 amide bonds. The molecule has 0 saturated carbocycles. The van der Waals surface area contributed by atoms with Crippen molar-refractivity contribution in [3.63, 3.8) is 0 Å². The fourth-order valence-electron chi connectivity index (χ4n) is 1.76. The monoisotopic (exact) mass is 286 g/mol. The number of nitrogens with two attached hydrogens (primary N) is 1. The molecular weight excluding hydrogens is 264 g/mol. The molecule has 0 spiro atoms. The van der Waals surface area contributed by atoms with Crippen LogP contribution in [-0.4, -0.2) is 25.7 Å². The number of nitrogens with one attached hydrogen (secondary N) is 1. The van der Waals surface area contributed by atoms with E-state index < -0.39 is 11.6 Å². The van der Waals surface area contributed by atoms with Gasteiger partial charge in [0, 0.05) is 7.11 Å². The molecule has 0 aliphatic carbocycles. The number of carbonyl (C=O) groups excluding carboxylic acids is 1. The summed E-state index contributed by atoms with van der Waals surface area (Å²) in [6.45, 7) is 6.16. The van der Waals surface area contributed by atoms with Crippen molar-refractivity contribution < 1.29 is 9.53 Å². The number of aryl methyl sites for hydroxylation is 1. The highest BCUT2D eigenvalue weighted by Gasteiger charge is 2.25. The van der Waals surface area contributed by atoms with Gasteiger partial charge in [-0.25, -0.2) is 0 Å². The second-order valence-corrected chi connectivity index (χ2v) is 5.05. The number of methoxy groups -OCH3 is 1. The molecule has 19 heavy (non-hydrogen) atoms. The third-order valence-corrected chi connectivity index (χ3v) is 2.86. The fraction of sp³-hybridized carbons (Fsp3) is 0.500. The van der Waals surface area contributed by atoms with E-state index in [4.69, 9.17) is 10.5 Å². The number of halogens is 1. The molecule has 0 aliphatic heterocycles. The van der Waals surface area contributed by atoms with Gasteiger partial charge in [-0.3, -0.25) is 4.79 Å². The number of amides is 1. The molecular formula is C14H23ClN2O2. The second-order valence-electron chi connectivity index (χ2n) is 5.05. The van der Waals surface area contributed by atoms with Crippen molar-refractivity contribution in [2.24, 2.45) is 5.73 Å². The van der Waals surface area contributed by atoms with E-state index in [1.54, 1.807) is 0 Å². The summed E-state index contributed by atoms with van der Waals surface area (Å²) in [5.41, 5.74) is 7.47. The molecule has 0 saturated heterocycles. The van der Waals surface area contributed by atoms with Crippen molar-refractivity contribution in [2.45, 2.75) is 32.4 Å². The highest BCUT2D eigenvalue weighted by atomic mass is 35.5. The minimum absolute atomic E-state index is 0. The predicted octanol–water partition coefficient (Wildman–Crippen LogP) is 1.74. The average molecular weight is 287 g/mol. The molecule has 0 radical (unpaired) electrons. The molecule has 0 bridgehead atoms. The Hall–Kier alpha value is -1.10. The van der Waals surface area contributed by atoms with E-state index in [1.165, 1.54) is 7.11 Å². The van der Waals surface area contributed by atoms with Crippen molar-refractivity contribution in [3.05, 3.63) is 35.4 Å². The minimum atomic E-state index is -0.640. The summed E-state index contributed by atoms with van der Waals surface area (Å²) in [6, 6.07) is 7.42. The van der Waals surface area contributed by atoms with Gasteiger partial charge in [0.1, 0.15) is 6.04 Å². The Morgan fingerprint density at radius 2 is 2.11 bits per heavy atom. The van der Waals surface area contributed by atoms with E-state index in [2.05, 4.69) is 11.4 Å². The van der Waals surface area contributed by atoms with Gasteiger partial charge < -0.3 is 15.8 Å². The van der Waals surface area contributed by atoms with E-state index in [9.17, 15) is 4.79 Å². The molecule has 0 aromatic heterocycles. The average Bonchev–Trinajstić information content (AvgIpc) is 2.28. The number of benzene rings is 1. The third-order valence-electron chi connectivity index (χ3n) is 2.86. The maximum atomic E-state index is 11.9. The van der Waals surface area contributed by atoms with Crippen LogP contribution in [0.5, 0.6) is 0 Å². The van der Waals surface area contributed by atoms with E-state index in [1.807, 2.05) is 39.0 Å². The molecule has 1 unspecified atom stereocenters. The van der Waals surface area contributed by atoms with E-state index >= 15 is 0 Å². The van der Waals surface area contributed by atoms with E-state index in [0.717, 1.165) is 11.1 Å². The van der Waals surface area contributed by atoms with Gasteiger partial charge in [-0.2, -0.15) is 0 Å². The smallest absolute Gasteiger partial charge is 0.239 e. The zero-order valence-corrected chi connectivity index (χ0v) is 12.7. The summed E-state index contributed by atoms with van der Waals surface area (Å²) < 4.78 is 4.88. The van der Waals surface area contributed by atoms with Gasteiger partial charge in [0.05, 0.1) is 12.1 Å². The highest BCUT2D eigenvalue weighted by Crippen LogP contribution is 2.20. The van der Waals surface area contributed by atoms with Crippen molar-refractivity contribution >= 4 is 18.3 Å². The van der Waals surface area contributed by atoms with Crippen LogP contribution in [0, 0.1) is 6.92 Å². The molecule has 3 N–H and O–H groups in total. The van der Waals surface area contributed by atoms with Crippen LogP contribution in [0.3, 0.4) is 0 Å². The zero-order chi connectivity index (χ0) is 13.8. The van der Waals surface area contributed by atoms with Crippen molar-refractivity contribution in [2.75, 3.05) is 13.7 Å². The molecule has 1 rings (SSSR count). The summed E-state index contributed by atoms with van der Waals surface area (Å²) in [5, 5.41) is 2.94. The Kier molecular flexibility index (Phi) is 7.05. The van der Waals surface area contributed by atoms with Crippen LogP contribution < -0.4 is 11.1 Å².